The Morgan fingerprint density at radius 1 is 1.40 bits per heavy atom. The molecule has 1 aromatic carbocycles. The highest BCUT2D eigenvalue weighted by Gasteiger charge is 2.26. The van der Waals surface area contributed by atoms with Gasteiger partial charge in [0.15, 0.2) is 0 Å². The first-order chi connectivity index (χ1) is 9.56. The molecule has 1 amide bonds. The molecule has 4 nitrogen and oxygen atoms in total. The number of nitrogens with zero attached hydrogens (tertiary/aromatic N) is 1. The van der Waals surface area contributed by atoms with Gasteiger partial charge in [-0.1, -0.05) is 17.7 Å². The van der Waals surface area contributed by atoms with E-state index in [-0.39, 0.29) is 11.9 Å². The van der Waals surface area contributed by atoms with E-state index in [2.05, 4.69) is 12.2 Å². The van der Waals surface area contributed by atoms with Crippen LogP contribution in [0.4, 0.5) is 0 Å². The van der Waals surface area contributed by atoms with Crippen molar-refractivity contribution < 1.29 is 9.53 Å². The highest BCUT2D eigenvalue weighted by molar-refractivity contribution is 5.81. The lowest BCUT2D eigenvalue weighted by Gasteiger charge is -2.23. The Hall–Kier alpha value is -1.55. The number of rotatable bonds is 7. The van der Waals surface area contributed by atoms with Crippen molar-refractivity contribution in [1.82, 2.24) is 10.2 Å². The third kappa shape index (κ3) is 4.53. The molecule has 1 atom stereocenters. The van der Waals surface area contributed by atoms with Crippen molar-refractivity contribution in [2.75, 3.05) is 20.2 Å². The quantitative estimate of drug-likeness (QED) is 0.828. The van der Waals surface area contributed by atoms with E-state index in [1.54, 1.807) is 0 Å². The summed E-state index contributed by atoms with van der Waals surface area (Å²) < 4.78 is 5.68. The number of carbonyl (C=O) groups is 1. The number of amides is 1. The summed E-state index contributed by atoms with van der Waals surface area (Å²) in [5.41, 5.74) is 1.22. The molecule has 1 aliphatic rings. The zero-order chi connectivity index (χ0) is 14.5. The number of hydrogen-bond acceptors (Lipinski definition) is 3. The summed E-state index contributed by atoms with van der Waals surface area (Å²) in [6.07, 6.45) is 2.25. The molecule has 2 rings (SSSR count). The minimum atomic E-state index is -0.114. The molecule has 1 saturated carbocycles. The van der Waals surface area contributed by atoms with E-state index in [4.69, 9.17) is 4.74 Å². The molecule has 4 heteroatoms. The monoisotopic (exact) mass is 276 g/mol. The molecule has 0 heterocycles. The van der Waals surface area contributed by atoms with Crippen LogP contribution in [-0.2, 0) is 4.79 Å². The van der Waals surface area contributed by atoms with Gasteiger partial charge in [-0.3, -0.25) is 9.69 Å². The van der Waals surface area contributed by atoms with Crippen LogP contribution >= 0.6 is 0 Å². The van der Waals surface area contributed by atoms with E-state index in [1.807, 2.05) is 43.1 Å². The van der Waals surface area contributed by atoms with E-state index in [0.29, 0.717) is 12.6 Å². The van der Waals surface area contributed by atoms with Crippen LogP contribution in [0.5, 0.6) is 5.75 Å². The van der Waals surface area contributed by atoms with E-state index in [0.717, 1.165) is 25.1 Å². The summed E-state index contributed by atoms with van der Waals surface area (Å²) in [6.45, 7) is 5.30. The van der Waals surface area contributed by atoms with Crippen LogP contribution in [0.15, 0.2) is 24.3 Å². The number of carbonyl (C=O) groups excluding carboxylic acids is 1. The fourth-order valence-corrected chi connectivity index (χ4v) is 1.89. The molecule has 1 N–H and O–H groups in total. The third-order valence-corrected chi connectivity index (χ3v) is 3.70. The minimum Gasteiger partial charge on any atom is -0.492 e. The zero-order valence-corrected chi connectivity index (χ0v) is 12.6. The summed E-state index contributed by atoms with van der Waals surface area (Å²) >= 11 is 0. The summed E-state index contributed by atoms with van der Waals surface area (Å²) in [7, 11) is 1.95. The van der Waals surface area contributed by atoms with Crippen molar-refractivity contribution in [2.24, 2.45) is 0 Å². The summed E-state index contributed by atoms with van der Waals surface area (Å²) in [5, 5.41) is 3.03. The lowest BCUT2D eigenvalue weighted by Crippen LogP contribution is -2.45. The number of nitrogens with one attached hydrogen (secondary N) is 1. The summed E-state index contributed by atoms with van der Waals surface area (Å²) in [4.78, 5) is 13.9. The fraction of sp³-hybridized carbons (Fsp3) is 0.562. The van der Waals surface area contributed by atoms with E-state index in [1.165, 1.54) is 5.56 Å². The smallest absolute Gasteiger partial charge is 0.237 e. The van der Waals surface area contributed by atoms with Gasteiger partial charge in [-0.2, -0.15) is 0 Å². The van der Waals surface area contributed by atoms with Gasteiger partial charge in [0.2, 0.25) is 5.91 Å². The fourth-order valence-electron chi connectivity index (χ4n) is 1.89. The van der Waals surface area contributed by atoms with Gasteiger partial charge in [0.1, 0.15) is 12.4 Å². The molecular weight excluding hydrogens is 252 g/mol. The number of hydrogen-bond donors (Lipinski definition) is 1. The van der Waals surface area contributed by atoms with Crippen molar-refractivity contribution in [1.29, 1.82) is 0 Å². The SMILES string of the molecule is Cc1ccc(OCCN(C)C(C)C(=O)NC2CC2)cc1. The van der Waals surface area contributed by atoms with Crippen molar-refractivity contribution in [3.05, 3.63) is 29.8 Å². The Balaban J connectivity index is 1.69. The molecule has 0 radical (unpaired) electrons. The Bertz CT molecular complexity index is 440. The van der Waals surface area contributed by atoms with E-state index >= 15 is 0 Å². The molecule has 0 aromatic heterocycles. The molecule has 0 bridgehead atoms. The number of aryl methyl sites for hydroxylation is 1. The molecule has 1 fully saturated rings. The molecular formula is C16H24N2O2. The van der Waals surface area contributed by atoms with Crippen LogP contribution in [0.25, 0.3) is 0 Å². The van der Waals surface area contributed by atoms with Crippen LogP contribution in [0.3, 0.4) is 0 Å². The van der Waals surface area contributed by atoms with Crippen LogP contribution in [0, 0.1) is 6.92 Å². The van der Waals surface area contributed by atoms with Gasteiger partial charge in [0.05, 0.1) is 6.04 Å². The van der Waals surface area contributed by atoms with Crippen LogP contribution in [-0.4, -0.2) is 43.1 Å². The summed E-state index contributed by atoms with van der Waals surface area (Å²) in [5.74, 6) is 0.990. The van der Waals surface area contributed by atoms with Crippen molar-refractivity contribution in [3.63, 3.8) is 0 Å². The molecule has 0 spiro atoms. The van der Waals surface area contributed by atoms with Gasteiger partial charge in [0.25, 0.3) is 0 Å². The van der Waals surface area contributed by atoms with Crippen molar-refractivity contribution in [3.8, 4) is 5.75 Å². The standard InChI is InChI=1S/C16H24N2O2/c1-12-4-8-15(9-5-12)20-11-10-18(3)13(2)16(19)17-14-6-7-14/h4-5,8-9,13-14H,6-7,10-11H2,1-3H3,(H,17,19). The predicted molar refractivity (Wildman–Crippen MR) is 79.9 cm³/mol. The topological polar surface area (TPSA) is 41.6 Å². The number of ether oxygens (including phenoxy) is 1. The average molecular weight is 276 g/mol. The second kappa shape index (κ2) is 6.75. The highest BCUT2D eigenvalue weighted by atomic mass is 16.5. The Morgan fingerprint density at radius 2 is 2.05 bits per heavy atom. The van der Waals surface area contributed by atoms with Crippen LogP contribution in [0.2, 0.25) is 0 Å². The first-order valence-electron chi connectivity index (χ1n) is 7.26. The van der Waals surface area contributed by atoms with Crippen LogP contribution in [0.1, 0.15) is 25.3 Å². The first kappa shape index (κ1) is 14.9. The van der Waals surface area contributed by atoms with Gasteiger partial charge in [-0.05, 0) is 45.9 Å². The molecule has 1 unspecified atom stereocenters. The maximum absolute atomic E-state index is 11.9. The predicted octanol–water partition coefficient (Wildman–Crippen LogP) is 1.97. The second-order valence-corrected chi connectivity index (χ2v) is 5.60. The van der Waals surface area contributed by atoms with Gasteiger partial charge in [-0.15, -0.1) is 0 Å². The maximum Gasteiger partial charge on any atom is 0.237 e. The maximum atomic E-state index is 11.9. The molecule has 0 aliphatic heterocycles. The van der Waals surface area contributed by atoms with Crippen molar-refractivity contribution in [2.45, 2.75) is 38.8 Å². The molecule has 0 saturated heterocycles. The minimum absolute atomic E-state index is 0.114. The van der Waals surface area contributed by atoms with E-state index < -0.39 is 0 Å². The zero-order valence-electron chi connectivity index (χ0n) is 12.6. The van der Waals surface area contributed by atoms with Gasteiger partial charge in [0, 0.05) is 12.6 Å². The van der Waals surface area contributed by atoms with Gasteiger partial charge >= 0.3 is 0 Å². The van der Waals surface area contributed by atoms with Crippen LogP contribution < -0.4 is 10.1 Å². The number of likely N-dealkylation sites (N-methyl/N-ethyl adjacent to an activating group) is 1. The molecule has 20 heavy (non-hydrogen) atoms. The Morgan fingerprint density at radius 3 is 2.65 bits per heavy atom. The lowest BCUT2D eigenvalue weighted by atomic mass is 10.2. The largest absolute Gasteiger partial charge is 0.492 e. The van der Waals surface area contributed by atoms with Gasteiger partial charge < -0.3 is 10.1 Å². The normalized spacial score (nSPS) is 16.0. The molecule has 1 aliphatic carbocycles. The molecule has 110 valence electrons. The van der Waals surface area contributed by atoms with E-state index in [9.17, 15) is 4.79 Å². The summed E-state index contributed by atoms with van der Waals surface area (Å²) in [6, 6.07) is 8.31. The lowest BCUT2D eigenvalue weighted by molar-refractivity contribution is -0.125. The third-order valence-electron chi connectivity index (χ3n) is 3.70. The molecule has 1 aromatic rings. The Labute approximate surface area is 121 Å². The first-order valence-corrected chi connectivity index (χ1v) is 7.26. The number of benzene rings is 1. The van der Waals surface area contributed by atoms with Crippen molar-refractivity contribution >= 4 is 5.91 Å². The highest BCUT2D eigenvalue weighted by Crippen LogP contribution is 2.19. The Kier molecular flexibility index (Phi) is 5.01. The van der Waals surface area contributed by atoms with Gasteiger partial charge in [-0.25, -0.2) is 0 Å². The second-order valence-electron chi connectivity index (χ2n) is 5.60. The average Bonchev–Trinajstić information content (AvgIpc) is 3.24.